The van der Waals surface area contributed by atoms with E-state index in [0.717, 1.165) is 12.0 Å². The number of rotatable bonds is 6. The van der Waals surface area contributed by atoms with E-state index < -0.39 is 6.10 Å². The Morgan fingerprint density at radius 3 is 2.73 bits per heavy atom. The van der Waals surface area contributed by atoms with Gasteiger partial charge in [-0.05, 0) is 36.5 Å². The van der Waals surface area contributed by atoms with E-state index in [1.54, 1.807) is 4.90 Å². The predicted molar refractivity (Wildman–Crippen MR) is 87.0 cm³/mol. The van der Waals surface area contributed by atoms with Crippen molar-refractivity contribution in [1.82, 2.24) is 0 Å². The number of carbonyl (C=O) groups excluding carboxylic acids is 1. The first-order chi connectivity index (χ1) is 10.5. The fourth-order valence-electron chi connectivity index (χ4n) is 2.80. The van der Waals surface area contributed by atoms with Crippen molar-refractivity contribution >= 4 is 11.6 Å². The largest absolute Gasteiger partial charge is 0.478 e. The van der Waals surface area contributed by atoms with Gasteiger partial charge in [0.15, 0.2) is 6.10 Å². The van der Waals surface area contributed by atoms with Crippen molar-refractivity contribution in [3.05, 3.63) is 23.8 Å². The van der Waals surface area contributed by atoms with Crippen LogP contribution in [0, 0.1) is 5.92 Å². The van der Waals surface area contributed by atoms with E-state index in [-0.39, 0.29) is 25.1 Å². The minimum Gasteiger partial charge on any atom is -0.478 e. The van der Waals surface area contributed by atoms with Gasteiger partial charge in [-0.2, -0.15) is 0 Å². The molecule has 0 aliphatic carbocycles. The molecule has 0 fully saturated rings. The first-order valence-electron chi connectivity index (χ1n) is 7.96. The van der Waals surface area contributed by atoms with E-state index in [9.17, 15) is 9.90 Å². The zero-order chi connectivity index (χ0) is 16.3. The van der Waals surface area contributed by atoms with Gasteiger partial charge < -0.3 is 20.5 Å². The Balaban J connectivity index is 2.35. The van der Waals surface area contributed by atoms with Gasteiger partial charge >= 0.3 is 0 Å². The summed E-state index contributed by atoms with van der Waals surface area (Å²) in [6.07, 6.45) is 1.01. The molecule has 5 nitrogen and oxygen atoms in total. The number of hydrogen-bond acceptors (Lipinski definition) is 4. The molecular weight excluding hydrogens is 280 g/mol. The summed E-state index contributed by atoms with van der Waals surface area (Å²) in [5.74, 6) is 1.08. The number of aliphatic hydroxyl groups is 1. The van der Waals surface area contributed by atoms with Crippen molar-refractivity contribution in [1.29, 1.82) is 0 Å². The van der Waals surface area contributed by atoms with Crippen LogP contribution in [0.2, 0.25) is 0 Å². The van der Waals surface area contributed by atoms with Crippen LogP contribution in [0.4, 0.5) is 5.69 Å². The van der Waals surface area contributed by atoms with Gasteiger partial charge in [-0.15, -0.1) is 0 Å². The summed E-state index contributed by atoms with van der Waals surface area (Å²) >= 11 is 0. The molecule has 22 heavy (non-hydrogen) atoms. The van der Waals surface area contributed by atoms with Crippen LogP contribution in [0.5, 0.6) is 5.75 Å². The second kappa shape index (κ2) is 7.11. The van der Waals surface area contributed by atoms with Gasteiger partial charge in [0.25, 0.3) is 5.91 Å². The van der Waals surface area contributed by atoms with Gasteiger partial charge in [-0.1, -0.05) is 26.8 Å². The van der Waals surface area contributed by atoms with Crippen LogP contribution in [0.25, 0.3) is 0 Å². The maximum atomic E-state index is 12.4. The number of nitrogens with two attached hydrogens (primary N) is 1. The third-order valence-electron chi connectivity index (χ3n) is 3.93. The van der Waals surface area contributed by atoms with Crippen molar-refractivity contribution in [2.75, 3.05) is 18.1 Å². The summed E-state index contributed by atoms with van der Waals surface area (Å²) in [4.78, 5) is 14.0. The van der Waals surface area contributed by atoms with Crippen LogP contribution in [-0.2, 0) is 4.79 Å². The van der Waals surface area contributed by atoms with Crippen LogP contribution in [0.1, 0.15) is 45.2 Å². The Hall–Kier alpha value is -1.59. The van der Waals surface area contributed by atoms with Crippen LogP contribution in [-0.4, -0.2) is 30.3 Å². The van der Waals surface area contributed by atoms with Crippen LogP contribution in [0.15, 0.2) is 18.2 Å². The lowest BCUT2D eigenvalue weighted by atomic mass is 9.96. The Bertz CT molecular complexity index is 531. The minimum absolute atomic E-state index is 0.0692. The minimum atomic E-state index is -0.478. The third-order valence-corrected chi connectivity index (χ3v) is 3.93. The zero-order valence-corrected chi connectivity index (χ0v) is 13.6. The quantitative estimate of drug-likeness (QED) is 0.845. The van der Waals surface area contributed by atoms with E-state index in [0.29, 0.717) is 23.8 Å². The monoisotopic (exact) mass is 306 g/mol. The van der Waals surface area contributed by atoms with Gasteiger partial charge in [-0.25, -0.2) is 0 Å². The molecule has 0 aromatic heterocycles. The lowest BCUT2D eigenvalue weighted by Gasteiger charge is -2.34. The van der Waals surface area contributed by atoms with Crippen LogP contribution in [0.3, 0.4) is 0 Å². The average molecular weight is 306 g/mol. The van der Waals surface area contributed by atoms with Crippen molar-refractivity contribution in [2.45, 2.75) is 45.8 Å². The molecule has 1 aromatic rings. The summed E-state index contributed by atoms with van der Waals surface area (Å²) in [5, 5.41) is 9.26. The molecule has 5 heteroatoms. The van der Waals surface area contributed by atoms with Crippen molar-refractivity contribution in [3.63, 3.8) is 0 Å². The van der Waals surface area contributed by atoms with E-state index >= 15 is 0 Å². The van der Waals surface area contributed by atoms with Crippen LogP contribution >= 0.6 is 0 Å². The summed E-state index contributed by atoms with van der Waals surface area (Å²) in [6, 6.07) is 5.69. The summed E-state index contributed by atoms with van der Waals surface area (Å²) in [5.41, 5.74) is 7.94. The molecule has 1 aliphatic rings. The highest BCUT2D eigenvalue weighted by molar-refractivity contribution is 6.00. The summed E-state index contributed by atoms with van der Waals surface area (Å²) in [6.45, 7) is 6.37. The SMILES string of the molecule is CCC1Oc2ccc(C(N)CC(C)C)cc2N(CCO)C1=O. The second-order valence-electron chi connectivity index (χ2n) is 6.19. The van der Waals surface area contributed by atoms with Crippen molar-refractivity contribution in [3.8, 4) is 5.75 Å². The molecule has 0 saturated carbocycles. The van der Waals surface area contributed by atoms with E-state index in [1.807, 2.05) is 25.1 Å². The molecule has 0 saturated heterocycles. The molecule has 1 aliphatic heterocycles. The number of nitrogens with zero attached hydrogens (tertiary/aromatic N) is 1. The number of carbonyl (C=O) groups is 1. The van der Waals surface area contributed by atoms with E-state index in [4.69, 9.17) is 10.5 Å². The molecule has 1 heterocycles. The third kappa shape index (κ3) is 3.42. The fraction of sp³-hybridized carbons (Fsp3) is 0.588. The molecule has 1 amide bonds. The zero-order valence-electron chi connectivity index (χ0n) is 13.6. The smallest absolute Gasteiger partial charge is 0.268 e. The topological polar surface area (TPSA) is 75.8 Å². The molecule has 2 rings (SSSR count). The normalized spacial score (nSPS) is 19.1. The standard InChI is InChI=1S/C17H26N2O3/c1-4-15-17(21)19(7-8-20)14-10-12(5-6-16(14)22-15)13(18)9-11(2)3/h5-6,10-11,13,15,20H,4,7-9,18H2,1-3H3. The predicted octanol–water partition coefficient (Wildman–Crippen LogP) is 2.23. The van der Waals surface area contributed by atoms with Crippen molar-refractivity contribution in [2.24, 2.45) is 11.7 Å². The molecule has 0 bridgehead atoms. The summed E-state index contributed by atoms with van der Waals surface area (Å²) < 4.78 is 5.77. The highest BCUT2D eigenvalue weighted by Gasteiger charge is 2.33. The highest BCUT2D eigenvalue weighted by Crippen LogP contribution is 2.37. The van der Waals surface area contributed by atoms with Gasteiger partial charge in [0, 0.05) is 12.6 Å². The maximum Gasteiger partial charge on any atom is 0.268 e. The number of benzene rings is 1. The maximum absolute atomic E-state index is 12.4. The van der Waals surface area contributed by atoms with Crippen LogP contribution < -0.4 is 15.4 Å². The first-order valence-corrected chi connectivity index (χ1v) is 7.96. The number of fused-ring (bicyclic) bond motifs is 1. The molecule has 1 aromatic carbocycles. The number of β-amino-alcohol motifs (C(OH)–C–C–N with tert-alkyl or cyclic N) is 1. The molecule has 3 N–H and O–H groups in total. The first kappa shape index (κ1) is 16.8. The van der Waals surface area contributed by atoms with Gasteiger partial charge in [0.2, 0.25) is 0 Å². The lowest BCUT2D eigenvalue weighted by molar-refractivity contribution is -0.126. The molecule has 0 spiro atoms. The van der Waals surface area contributed by atoms with Crippen molar-refractivity contribution < 1.29 is 14.6 Å². The Labute approximate surface area is 132 Å². The Kier molecular flexibility index (Phi) is 5.42. The van der Waals surface area contributed by atoms with Gasteiger partial charge in [0.1, 0.15) is 5.75 Å². The van der Waals surface area contributed by atoms with E-state index in [2.05, 4.69) is 13.8 Å². The molecule has 2 unspecified atom stereocenters. The average Bonchev–Trinajstić information content (AvgIpc) is 2.48. The highest BCUT2D eigenvalue weighted by atomic mass is 16.5. The van der Waals surface area contributed by atoms with Gasteiger partial charge in [0.05, 0.1) is 12.3 Å². The number of hydrogen-bond donors (Lipinski definition) is 2. The number of ether oxygens (including phenoxy) is 1. The number of anilines is 1. The number of aliphatic hydroxyl groups excluding tert-OH is 1. The lowest BCUT2D eigenvalue weighted by Crippen LogP contribution is -2.46. The molecule has 122 valence electrons. The van der Waals surface area contributed by atoms with E-state index in [1.165, 1.54) is 0 Å². The molecule has 0 radical (unpaired) electrons. The molecule has 2 atom stereocenters. The summed E-state index contributed by atoms with van der Waals surface area (Å²) in [7, 11) is 0. The Morgan fingerprint density at radius 1 is 1.41 bits per heavy atom. The van der Waals surface area contributed by atoms with Gasteiger partial charge in [-0.3, -0.25) is 4.79 Å². The second-order valence-corrected chi connectivity index (χ2v) is 6.19. The number of amides is 1. The fourth-order valence-corrected chi connectivity index (χ4v) is 2.80. The molecular formula is C17H26N2O3. The Morgan fingerprint density at radius 2 is 2.14 bits per heavy atom.